The number of amides is 2. The predicted molar refractivity (Wildman–Crippen MR) is 114 cm³/mol. The SMILES string of the molecule is O=C(NCc1ccc(Cl)cc1)c1ccc([C@H]2SCC(=O)N2Cc2ccco2)cc1. The molecule has 29 heavy (non-hydrogen) atoms. The highest BCUT2D eigenvalue weighted by Gasteiger charge is 2.33. The fourth-order valence-electron chi connectivity index (χ4n) is 3.16. The van der Waals surface area contributed by atoms with Crippen LogP contribution in [0.15, 0.2) is 71.3 Å². The minimum atomic E-state index is -0.144. The smallest absolute Gasteiger partial charge is 0.251 e. The molecule has 1 saturated heterocycles. The lowest BCUT2D eigenvalue weighted by Gasteiger charge is -2.23. The number of halogens is 1. The van der Waals surface area contributed by atoms with Gasteiger partial charge in [-0.1, -0.05) is 35.9 Å². The lowest BCUT2D eigenvalue weighted by molar-refractivity contribution is -0.128. The van der Waals surface area contributed by atoms with Crippen molar-refractivity contribution < 1.29 is 14.0 Å². The van der Waals surface area contributed by atoms with E-state index in [1.54, 1.807) is 47.2 Å². The van der Waals surface area contributed by atoms with E-state index in [0.717, 1.165) is 16.9 Å². The summed E-state index contributed by atoms with van der Waals surface area (Å²) in [7, 11) is 0. The third-order valence-electron chi connectivity index (χ3n) is 4.70. The first-order valence-corrected chi connectivity index (χ1v) is 10.6. The first-order valence-electron chi connectivity index (χ1n) is 9.16. The summed E-state index contributed by atoms with van der Waals surface area (Å²) in [6.45, 7) is 0.870. The Bertz CT molecular complexity index is 988. The maximum atomic E-state index is 12.4. The van der Waals surface area contributed by atoms with E-state index in [2.05, 4.69) is 5.32 Å². The van der Waals surface area contributed by atoms with Crippen molar-refractivity contribution in [2.45, 2.75) is 18.5 Å². The number of rotatable bonds is 6. The van der Waals surface area contributed by atoms with Gasteiger partial charge in [-0.2, -0.15) is 0 Å². The van der Waals surface area contributed by atoms with Gasteiger partial charge in [0.1, 0.15) is 11.1 Å². The number of thioether (sulfide) groups is 1. The van der Waals surface area contributed by atoms with Gasteiger partial charge in [0.15, 0.2) is 0 Å². The maximum absolute atomic E-state index is 12.4. The molecule has 0 saturated carbocycles. The molecule has 1 N–H and O–H groups in total. The zero-order valence-electron chi connectivity index (χ0n) is 15.5. The van der Waals surface area contributed by atoms with Gasteiger partial charge in [-0.15, -0.1) is 11.8 Å². The fraction of sp³-hybridized carbons (Fsp3) is 0.182. The highest BCUT2D eigenvalue weighted by molar-refractivity contribution is 8.00. The van der Waals surface area contributed by atoms with Crippen LogP contribution in [0.1, 0.15) is 32.6 Å². The van der Waals surface area contributed by atoms with Gasteiger partial charge in [-0.3, -0.25) is 9.59 Å². The molecule has 0 unspecified atom stereocenters. The fourth-order valence-corrected chi connectivity index (χ4v) is 4.47. The third kappa shape index (κ3) is 4.66. The molecule has 0 radical (unpaired) electrons. The highest BCUT2D eigenvalue weighted by Crippen LogP contribution is 2.39. The summed E-state index contributed by atoms with van der Waals surface area (Å²) in [6.07, 6.45) is 1.61. The number of furan rings is 1. The first kappa shape index (κ1) is 19.6. The minimum Gasteiger partial charge on any atom is -0.467 e. The van der Waals surface area contributed by atoms with Crippen LogP contribution in [0.2, 0.25) is 5.02 Å². The standard InChI is InChI=1S/C22H19ClN2O3S/c23-18-9-3-15(4-10-18)12-24-21(27)16-5-7-17(8-6-16)22-25(20(26)14-29-22)13-19-2-1-11-28-19/h1-11,22H,12-14H2,(H,24,27)/t22-/m1/s1. The van der Waals surface area contributed by atoms with Crippen molar-refractivity contribution in [2.24, 2.45) is 0 Å². The molecular weight excluding hydrogens is 408 g/mol. The summed E-state index contributed by atoms with van der Waals surface area (Å²) in [5.74, 6) is 1.13. The molecule has 7 heteroatoms. The van der Waals surface area contributed by atoms with E-state index in [0.29, 0.717) is 29.4 Å². The molecular formula is C22H19ClN2O3S. The summed E-state index contributed by atoms with van der Waals surface area (Å²) in [4.78, 5) is 26.5. The van der Waals surface area contributed by atoms with Crippen LogP contribution in [-0.4, -0.2) is 22.5 Å². The Balaban J connectivity index is 1.40. The van der Waals surface area contributed by atoms with Crippen molar-refractivity contribution >= 4 is 35.2 Å². The second-order valence-corrected chi connectivity index (χ2v) is 8.20. The second-order valence-electron chi connectivity index (χ2n) is 6.70. The Morgan fingerprint density at radius 1 is 1.14 bits per heavy atom. The van der Waals surface area contributed by atoms with E-state index in [9.17, 15) is 9.59 Å². The van der Waals surface area contributed by atoms with Crippen molar-refractivity contribution in [1.82, 2.24) is 10.2 Å². The van der Waals surface area contributed by atoms with Gasteiger partial charge >= 0.3 is 0 Å². The van der Waals surface area contributed by atoms with Crippen LogP contribution < -0.4 is 5.32 Å². The Hall–Kier alpha value is -2.70. The third-order valence-corrected chi connectivity index (χ3v) is 6.21. The Morgan fingerprint density at radius 2 is 1.90 bits per heavy atom. The van der Waals surface area contributed by atoms with Crippen LogP contribution in [0, 0.1) is 0 Å². The van der Waals surface area contributed by atoms with E-state index in [-0.39, 0.29) is 17.2 Å². The molecule has 5 nitrogen and oxygen atoms in total. The lowest BCUT2D eigenvalue weighted by Crippen LogP contribution is -2.27. The van der Waals surface area contributed by atoms with Crippen LogP contribution >= 0.6 is 23.4 Å². The van der Waals surface area contributed by atoms with Crippen LogP contribution in [0.3, 0.4) is 0 Å². The zero-order valence-corrected chi connectivity index (χ0v) is 17.1. The normalized spacial score (nSPS) is 16.2. The lowest BCUT2D eigenvalue weighted by atomic mass is 10.1. The second kappa shape index (κ2) is 8.76. The summed E-state index contributed by atoms with van der Waals surface area (Å²) in [5.41, 5.74) is 2.55. The molecule has 148 valence electrons. The van der Waals surface area contributed by atoms with Crippen molar-refractivity contribution in [3.05, 3.63) is 94.4 Å². The average molecular weight is 427 g/mol. The van der Waals surface area contributed by atoms with Gasteiger partial charge in [0.25, 0.3) is 5.91 Å². The molecule has 3 aromatic rings. The number of nitrogens with zero attached hydrogens (tertiary/aromatic N) is 1. The quantitative estimate of drug-likeness (QED) is 0.623. The average Bonchev–Trinajstić information content (AvgIpc) is 3.38. The molecule has 1 aliphatic rings. The van der Waals surface area contributed by atoms with Crippen molar-refractivity contribution in [2.75, 3.05) is 5.75 Å². The van der Waals surface area contributed by atoms with E-state index in [1.165, 1.54) is 0 Å². The summed E-state index contributed by atoms with van der Waals surface area (Å²) >= 11 is 7.46. The first-order chi connectivity index (χ1) is 14.1. The number of benzene rings is 2. The van der Waals surface area contributed by atoms with Gasteiger partial charge in [0.05, 0.1) is 18.6 Å². The Kier molecular flexibility index (Phi) is 5.92. The van der Waals surface area contributed by atoms with Crippen molar-refractivity contribution in [1.29, 1.82) is 0 Å². The van der Waals surface area contributed by atoms with Crippen molar-refractivity contribution in [3.63, 3.8) is 0 Å². The summed E-state index contributed by atoms with van der Waals surface area (Å²) < 4.78 is 5.39. The van der Waals surface area contributed by atoms with E-state index >= 15 is 0 Å². The number of carbonyl (C=O) groups excluding carboxylic acids is 2. The maximum Gasteiger partial charge on any atom is 0.251 e. The zero-order chi connectivity index (χ0) is 20.2. The molecule has 4 rings (SSSR count). The summed E-state index contributed by atoms with van der Waals surface area (Å²) in [6, 6.07) is 18.4. The van der Waals surface area contributed by atoms with Crippen molar-refractivity contribution in [3.8, 4) is 0 Å². The number of nitrogens with one attached hydrogen (secondary N) is 1. The molecule has 1 fully saturated rings. The topological polar surface area (TPSA) is 62.6 Å². The number of carbonyl (C=O) groups is 2. The van der Waals surface area contributed by atoms with Crippen LogP contribution in [0.5, 0.6) is 0 Å². The van der Waals surface area contributed by atoms with Gasteiger partial charge in [0, 0.05) is 17.1 Å². The summed E-state index contributed by atoms with van der Waals surface area (Å²) in [5, 5.41) is 3.49. The molecule has 1 aromatic heterocycles. The molecule has 2 amide bonds. The molecule has 2 aromatic carbocycles. The van der Waals surface area contributed by atoms with Crippen LogP contribution in [0.25, 0.3) is 0 Å². The molecule has 0 bridgehead atoms. The number of hydrogen-bond acceptors (Lipinski definition) is 4. The van der Waals surface area contributed by atoms with Gasteiger partial charge in [0.2, 0.25) is 5.91 Å². The van der Waals surface area contributed by atoms with Gasteiger partial charge in [-0.25, -0.2) is 0 Å². The van der Waals surface area contributed by atoms with Crippen LogP contribution in [-0.2, 0) is 17.9 Å². The molecule has 2 heterocycles. The van der Waals surface area contributed by atoms with Gasteiger partial charge < -0.3 is 14.6 Å². The van der Waals surface area contributed by atoms with E-state index < -0.39 is 0 Å². The Morgan fingerprint density at radius 3 is 2.59 bits per heavy atom. The van der Waals surface area contributed by atoms with Crippen LogP contribution in [0.4, 0.5) is 0 Å². The Labute approximate surface area is 178 Å². The monoisotopic (exact) mass is 426 g/mol. The molecule has 1 aliphatic heterocycles. The molecule has 0 aliphatic carbocycles. The minimum absolute atomic E-state index is 0.0844. The van der Waals surface area contributed by atoms with Gasteiger partial charge in [-0.05, 0) is 47.5 Å². The highest BCUT2D eigenvalue weighted by atomic mass is 35.5. The van der Waals surface area contributed by atoms with E-state index in [4.69, 9.17) is 16.0 Å². The largest absolute Gasteiger partial charge is 0.467 e. The number of hydrogen-bond donors (Lipinski definition) is 1. The van der Waals surface area contributed by atoms with E-state index in [1.807, 2.05) is 36.4 Å². The molecule has 1 atom stereocenters. The molecule has 0 spiro atoms. The predicted octanol–water partition coefficient (Wildman–Crippen LogP) is 4.64.